The zero-order chi connectivity index (χ0) is 29.0. The fourth-order valence-electron chi connectivity index (χ4n) is 6.12. The zero-order valence-electron chi connectivity index (χ0n) is 23.7. The number of hydrogen-bond acceptors (Lipinski definition) is 6. The number of allylic oxidation sites excluding steroid dienone is 3. The molecule has 41 heavy (non-hydrogen) atoms. The van der Waals surface area contributed by atoms with Gasteiger partial charge in [0, 0.05) is 50.6 Å². The number of nitrogens with two attached hydrogens (primary N) is 1. The van der Waals surface area contributed by atoms with E-state index in [9.17, 15) is 14.4 Å². The van der Waals surface area contributed by atoms with E-state index in [1.54, 1.807) is 12.4 Å². The van der Waals surface area contributed by atoms with Crippen molar-refractivity contribution >= 4 is 23.6 Å². The van der Waals surface area contributed by atoms with Crippen molar-refractivity contribution in [3.63, 3.8) is 0 Å². The van der Waals surface area contributed by atoms with Crippen LogP contribution in [0.2, 0.25) is 0 Å². The summed E-state index contributed by atoms with van der Waals surface area (Å²) in [7, 11) is 0. The Morgan fingerprint density at radius 1 is 1.10 bits per heavy atom. The van der Waals surface area contributed by atoms with Crippen molar-refractivity contribution in [2.45, 2.75) is 56.9 Å². The molecule has 2 fully saturated rings. The third kappa shape index (κ3) is 5.46. The van der Waals surface area contributed by atoms with Crippen LogP contribution in [0.4, 0.5) is 0 Å². The molecule has 1 saturated heterocycles. The molecule has 9 nitrogen and oxygen atoms in total. The Hall–Kier alpha value is -4.11. The van der Waals surface area contributed by atoms with E-state index in [-0.39, 0.29) is 24.9 Å². The topological polar surface area (TPSA) is 127 Å². The average Bonchev–Trinajstić information content (AvgIpc) is 3.46. The van der Waals surface area contributed by atoms with E-state index in [2.05, 4.69) is 16.4 Å². The van der Waals surface area contributed by atoms with Gasteiger partial charge in [-0.05, 0) is 54.5 Å². The van der Waals surface area contributed by atoms with Crippen molar-refractivity contribution in [3.8, 4) is 0 Å². The standard InChI is InChI=1S/C32H37N5O4/c1-3-7-23-18-31(29(33)39,25-9-6-14-34-20-25)19-24(23)11-15-35-27(38)21-37-28(26-10-5-4-8-22(26)2)36-32(30(37)40)12-16-41-17-13-32/h4-11,14,20H,3,12-13,15-19,21H2,1-2H3,(H2,33,39)(H,35,38)/b23-7-,24-11-/t31-/m1/s1. The molecule has 2 aromatic rings. The Labute approximate surface area is 240 Å². The van der Waals surface area contributed by atoms with E-state index in [1.165, 1.54) is 4.90 Å². The lowest BCUT2D eigenvalue weighted by molar-refractivity contribution is -0.137. The van der Waals surface area contributed by atoms with Crippen LogP contribution in [0.15, 0.2) is 77.1 Å². The predicted molar refractivity (Wildman–Crippen MR) is 156 cm³/mol. The summed E-state index contributed by atoms with van der Waals surface area (Å²) in [5.74, 6) is -0.292. The van der Waals surface area contributed by atoms with Gasteiger partial charge in [-0.3, -0.25) is 29.3 Å². The van der Waals surface area contributed by atoms with Crippen LogP contribution in [0.3, 0.4) is 0 Å². The molecule has 2 aliphatic heterocycles. The monoisotopic (exact) mass is 555 g/mol. The average molecular weight is 556 g/mol. The molecular weight excluding hydrogens is 518 g/mol. The van der Waals surface area contributed by atoms with Gasteiger partial charge in [0.25, 0.3) is 5.91 Å². The van der Waals surface area contributed by atoms with E-state index < -0.39 is 16.9 Å². The van der Waals surface area contributed by atoms with Crippen LogP contribution in [-0.2, 0) is 24.5 Å². The highest BCUT2D eigenvalue weighted by atomic mass is 16.5. The van der Waals surface area contributed by atoms with Crippen LogP contribution in [0.25, 0.3) is 0 Å². The maximum absolute atomic E-state index is 13.7. The molecule has 3 aliphatic rings. The van der Waals surface area contributed by atoms with Gasteiger partial charge in [-0.2, -0.15) is 0 Å². The normalized spacial score (nSPS) is 23.8. The molecule has 3 N–H and O–H groups in total. The molecule has 1 spiro atoms. The number of aromatic nitrogens is 1. The number of ether oxygens (including phenoxy) is 1. The Kier molecular flexibility index (Phi) is 8.17. The number of carbonyl (C=O) groups is 3. The van der Waals surface area contributed by atoms with Gasteiger partial charge in [0.1, 0.15) is 17.9 Å². The van der Waals surface area contributed by atoms with Gasteiger partial charge in [0.2, 0.25) is 11.8 Å². The molecule has 0 unspecified atom stereocenters. The Balaban J connectivity index is 1.33. The molecule has 1 aromatic heterocycles. The summed E-state index contributed by atoms with van der Waals surface area (Å²) >= 11 is 0. The maximum Gasteiger partial charge on any atom is 0.256 e. The SMILES string of the molecule is CC/C=C1/C[C@](C(N)=O)(c2cccnc2)C/C1=C/CNC(=O)CN1C(=O)C2(CCOCC2)N=C1c1ccccc1C. The van der Waals surface area contributed by atoms with Crippen LogP contribution in [0, 0.1) is 6.92 Å². The summed E-state index contributed by atoms with van der Waals surface area (Å²) in [6.07, 6.45) is 10.2. The van der Waals surface area contributed by atoms with Crippen LogP contribution in [0.5, 0.6) is 0 Å². The van der Waals surface area contributed by atoms with Crippen LogP contribution >= 0.6 is 0 Å². The fraction of sp³-hybridized carbons (Fsp3) is 0.406. The highest BCUT2D eigenvalue weighted by Crippen LogP contribution is 2.47. The first-order valence-electron chi connectivity index (χ1n) is 14.2. The zero-order valence-corrected chi connectivity index (χ0v) is 23.7. The summed E-state index contributed by atoms with van der Waals surface area (Å²) in [4.78, 5) is 50.3. The first-order chi connectivity index (χ1) is 19.8. The smallest absolute Gasteiger partial charge is 0.256 e. The summed E-state index contributed by atoms with van der Waals surface area (Å²) in [6.45, 7) is 5.08. The Bertz CT molecular complexity index is 1420. The van der Waals surface area contributed by atoms with Crippen LogP contribution in [-0.4, -0.2) is 65.3 Å². The maximum atomic E-state index is 13.7. The molecule has 1 aromatic carbocycles. The van der Waals surface area contributed by atoms with E-state index in [4.69, 9.17) is 15.5 Å². The molecule has 5 rings (SSSR count). The number of primary amides is 1. The molecule has 3 amide bonds. The predicted octanol–water partition coefficient (Wildman–Crippen LogP) is 3.12. The van der Waals surface area contributed by atoms with Crippen molar-refractivity contribution in [1.82, 2.24) is 15.2 Å². The van der Waals surface area contributed by atoms with Gasteiger partial charge in [0.05, 0.1) is 5.41 Å². The minimum absolute atomic E-state index is 0.129. The summed E-state index contributed by atoms with van der Waals surface area (Å²) in [6, 6.07) is 11.5. The van der Waals surface area contributed by atoms with Crippen LogP contribution in [0.1, 0.15) is 55.7 Å². The lowest BCUT2D eigenvalue weighted by Gasteiger charge is -2.29. The molecule has 3 heterocycles. The van der Waals surface area contributed by atoms with E-state index in [0.717, 1.165) is 34.3 Å². The van der Waals surface area contributed by atoms with Crippen molar-refractivity contribution < 1.29 is 19.1 Å². The summed E-state index contributed by atoms with van der Waals surface area (Å²) in [5, 5.41) is 2.95. The van der Waals surface area contributed by atoms with Gasteiger partial charge in [-0.25, -0.2) is 0 Å². The quantitative estimate of drug-likeness (QED) is 0.518. The summed E-state index contributed by atoms with van der Waals surface area (Å²) in [5.41, 5.74) is 8.85. The van der Waals surface area contributed by atoms with Crippen molar-refractivity contribution in [2.75, 3.05) is 26.3 Å². The molecule has 1 atom stereocenters. The van der Waals surface area contributed by atoms with Crippen molar-refractivity contribution in [1.29, 1.82) is 0 Å². The molecular formula is C32H37N5O4. The number of carbonyl (C=O) groups excluding carboxylic acids is 3. The van der Waals surface area contributed by atoms with Gasteiger partial charge in [-0.1, -0.05) is 49.4 Å². The second-order valence-corrected chi connectivity index (χ2v) is 11.0. The molecule has 1 saturated carbocycles. The number of aryl methyl sites for hydroxylation is 1. The van der Waals surface area contributed by atoms with Crippen LogP contribution < -0.4 is 11.1 Å². The highest BCUT2D eigenvalue weighted by molar-refractivity contribution is 6.17. The number of rotatable bonds is 8. The van der Waals surface area contributed by atoms with E-state index in [0.29, 0.717) is 44.7 Å². The third-order valence-electron chi connectivity index (χ3n) is 8.41. The molecule has 214 valence electrons. The molecule has 1 aliphatic carbocycles. The number of hydrogen-bond donors (Lipinski definition) is 2. The number of nitrogens with one attached hydrogen (secondary N) is 1. The summed E-state index contributed by atoms with van der Waals surface area (Å²) < 4.78 is 5.51. The first-order valence-corrected chi connectivity index (χ1v) is 14.2. The van der Waals surface area contributed by atoms with Crippen molar-refractivity contribution in [3.05, 3.63) is 88.8 Å². The number of aliphatic imine (C=N–C) groups is 1. The van der Waals surface area contributed by atoms with Crippen molar-refractivity contribution in [2.24, 2.45) is 10.7 Å². The Morgan fingerprint density at radius 2 is 1.83 bits per heavy atom. The second-order valence-electron chi connectivity index (χ2n) is 11.0. The molecule has 9 heteroatoms. The number of pyridine rings is 1. The number of amides is 3. The number of amidine groups is 1. The number of benzene rings is 1. The van der Waals surface area contributed by atoms with E-state index in [1.807, 2.05) is 56.3 Å². The molecule has 0 radical (unpaired) electrons. The first kappa shape index (κ1) is 28.4. The highest BCUT2D eigenvalue weighted by Gasteiger charge is 2.50. The Morgan fingerprint density at radius 3 is 2.49 bits per heavy atom. The number of nitrogens with zero attached hydrogens (tertiary/aromatic N) is 3. The minimum atomic E-state index is -0.883. The van der Waals surface area contributed by atoms with Gasteiger partial charge < -0.3 is 15.8 Å². The third-order valence-corrected chi connectivity index (χ3v) is 8.41. The van der Waals surface area contributed by atoms with Gasteiger partial charge in [-0.15, -0.1) is 0 Å². The largest absolute Gasteiger partial charge is 0.381 e. The second kappa shape index (κ2) is 11.8. The minimum Gasteiger partial charge on any atom is -0.381 e. The van der Waals surface area contributed by atoms with Gasteiger partial charge >= 0.3 is 0 Å². The lowest BCUT2D eigenvalue weighted by atomic mass is 9.78. The van der Waals surface area contributed by atoms with E-state index >= 15 is 0 Å². The fourth-order valence-corrected chi connectivity index (χ4v) is 6.12. The molecule has 0 bridgehead atoms. The lowest BCUT2D eigenvalue weighted by Crippen LogP contribution is -2.49. The van der Waals surface area contributed by atoms with Gasteiger partial charge in [0.15, 0.2) is 0 Å².